The molecule has 1 aliphatic carbocycles. The van der Waals surface area contributed by atoms with E-state index in [9.17, 15) is 4.79 Å². The molecule has 0 atom stereocenters. The molecular weight excluding hydrogens is 226 g/mol. The van der Waals surface area contributed by atoms with Crippen molar-refractivity contribution in [2.24, 2.45) is 5.92 Å². The van der Waals surface area contributed by atoms with Gasteiger partial charge in [-0.3, -0.25) is 4.79 Å². The van der Waals surface area contributed by atoms with Gasteiger partial charge in [0, 0.05) is 19.8 Å². The molecule has 0 aromatic carbocycles. The SMILES string of the molecule is CN(CC1CC1)C(=O)c1cc(N)ncc1Cl. The zero-order valence-electron chi connectivity index (χ0n) is 9.11. The maximum atomic E-state index is 12.0. The third-order valence-corrected chi connectivity index (χ3v) is 2.98. The lowest BCUT2D eigenvalue weighted by atomic mass is 10.2. The molecule has 0 saturated heterocycles. The molecule has 2 N–H and O–H groups in total. The molecule has 4 nitrogen and oxygen atoms in total. The van der Waals surface area contributed by atoms with Gasteiger partial charge in [-0.15, -0.1) is 0 Å². The highest BCUT2D eigenvalue weighted by Gasteiger charge is 2.26. The largest absolute Gasteiger partial charge is 0.384 e. The zero-order chi connectivity index (χ0) is 11.7. The van der Waals surface area contributed by atoms with Gasteiger partial charge in [0.25, 0.3) is 5.91 Å². The molecule has 1 fully saturated rings. The Morgan fingerprint density at radius 1 is 1.69 bits per heavy atom. The van der Waals surface area contributed by atoms with E-state index in [1.807, 2.05) is 0 Å². The standard InChI is InChI=1S/C11H14ClN3O/c1-15(6-7-2-3-7)11(16)8-4-10(13)14-5-9(8)12/h4-5,7H,2-3,6H2,1H3,(H2,13,14). The van der Waals surface area contributed by atoms with E-state index in [0.29, 0.717) is 22.3 Å². The first-order valence-electron chi connectivity index (χ1n) is 5.24. The van der Waals surface area contributed by atoms with Crippen LogP contribution in [0.2, 0.25) is 5.02 Å². The Balaban J connectivity index is 2.14. The van der Waals surface area contributed by atoms with Crippen molar-refractivity contribution in [2.75, 3.05) is 19.3 Å². The third-order valence-electron chi connectivity index (χ3n) is 2.68. The summed E-state index contributed by atoms with van der Waals surface area (Å²) in [4.78, 5) is 17.6. The van der Waals surface area contributed by atoms with Crippen molar-refractivity contribution in [2.45, 2.75) is 12.8 Å². The molecule has 5 heteroatoms. The van der Waals surface area contributed by atoms with Crippen molar-refractivity contribution in [3.8, 4) is 0 Å². The van der Waals surface area contributed by atoms with E-state index in [-0.39, 0.29) is 5.91 Å². The molecule has 86 valence electrons. The van der Waals surface area contributed by atoms with E-state index >= 15 is 0 Å². The molecule has 1 aromatic heterocycles. The Kier molecular flexibility index (Phi) is 3.01. The molecule has 0 bridgehead atoms. The fourth-order valence-electron chi connectivity index (χ4n) is 1.59. The normalized spacial score (nSPS) is 14.9. The summed E-state index contributed by atoms with van der Waals surface area (Å²) < 4.78 is 0. The molecule has 0 unspecified atom stereocenters. The van der Waals surface area contributed by atoms with Crippen molar-refractivity contribution in [3.63, 3.8) is 0 Å². The number of hydrogen-bond donors (Lipinski definition) is 1. The molecule has 0 aliphatic heterocycles. The van der Waals surface area contributed by atoms with Crippen molar-refractivity contribution in [1.29, 1.82) is 0 Å². The Morgan fingerprint density at radius 2 is 2.38 bits per heavy atom. The first-order valence-corrected chi connectivity index (χ1v) is 5.62. The van der Waals surface area contributed by atoms with E-state index in [1.165, 1.54) is 25.1 Å². The number of pyridine rings is 1. The van der Waals surface area contributed by atoms with E-state index in [4.69, 9.17) is 17.3 Å². The van der Waals surface area contributed by atoms with Crippen LogP contribution in [0.4, 0.5) is 5.82 Å². The molecule has 1 heterocycles. The van der Waals surface area contributed by atoms with Gasteiger partial charge in [0.15, 0.2) is 0 Å². The van der Waals surface area contributed by atoms with Gasteiger partial charge in [0.1, 0.15) is 5.82 Å². The number of rotatable bonds is 3. The second-order valence-corrected chi connectivity index (χ2v) is 4.63. The van der Waals surface area contributed by atoms with Crippen LogP contribution in [-0.4, -0.2) is 29.4 Å². The summed E-state index contributed by atoms with van der Waals surface area (Å²) in [5.41, 5.74) is 5.97. The first kappa shape index (κ1) is 11.2. The van der Waals surface area contributed by atoms with E-state index in [0.717, 1.165) is 6.54 Å². The molecular formula is C11H14ClN3O. The third kappa shape index (κ3) is 2.44. The number of nitrogens with two attached hydrogens (primary N) is 1. The molecule has 0 spiro atoms. The van der Waals surface area contributed by atoms with Gasteiger partial charge in [0.05, 0.1) is 10.6 Å². The fraction of sp³-hybridized carbons (Fsp3) is 0.455. The lowest BCUT2D eigenvalue weighted by Crippen LogP contribution is -2.29. The van der Waals surface area contributed by atoms with Gasteiger partial charge in [-0.05, 0) is 24.8 Å². The molecule has 0 radical (unpaired) electrons. The Labute approximate surface area is 99.4 Å². The summed E-state index contributed by atoms with van der Waals surface area (Å²) >= 11 is 5.92. The Bertz CT molecular complexity index is 418. The lowest BCUT2D eigenvalue weighted by molar-refractivity contribution is 0.0789. The number of anilines is 1. The van der Waals surface area contributed by atoms with E-state index in [1.54, 1.807) is 11.9 Å². The number of aromatic nitrogens is 1. The summed E-state index contributed by atoms with van der Waals surface area (Å²) in [6.45, 7) is 0.789. The number of carbonyl (C=O) groups is 1. The van der Waals surface area contributed by atoms with Gasteiger partial charge in [-0.2, -0.15) is 0 Å². The maximum Gasteiger partial charge on any atom is 0.255 e. The van der Waals surface area contributed by atoms with E-state index < -0.39 is 0 Å². The minimum absolute atomic E-state index is 0.0917. The van der Waals surface area contributed by atoms with E-state index in [2.05, 4.69) is 4.98 Å². The minimum Gasteiger partial charge on any atom is -0.384 e. The summed E-state index contributed by atoms with van der Waals surface area (Å²) in [6.07, 6.45) is 3.84. The number of nitrogens with zero attached hydrogens (tertiary/aromatic N) is 2. The van der Waals surface area contributed by atoms with Crippen LogP contribution in [0.15, 0.2) is 12.3 Å². The van der Waals surface area contributed by atoms with Crippen LogP contribution in [0.5, 0.6) is 0 Å². The molecule has 16 heavy (non-hydrogen) atoms. The number of carbonyl (C=O) groups excluding carboxylic acids is 1. The van der Waals surface area contributed by atoms with Gasteiger partial charge in [0.2, 0.25) is 0 Å². The summed E-state index contributed by atoms with van der Waals surface area (Å²) in [5, 5.41) is 0.349. The maximum absolute atomic E-state index is 12.0. The van der Waals surface area contributed by atoms with Crippen LogP contribution in [0, 0.1) is 5.92 Å². The highest BCUT2D eigenvalue weighted by Crippen LogP contribution is 2.30. The highest BCUT2D eigenvalue weighted by atomic mass is 35.5. The van der Waals surface area contributed by atoms with Gasteiger partial charge >= 0.3 is 0 Å². The van der Waals surface area contributed by atoms with Crippen molar-refractivity contribution in [3.05, 3.63) is 22.8 Å². The molecule has 1 aromatic rings. The Morgan fingerprint density at radius 3 is 3.00 bits per heavy atom. The summed E-state index contributed by atoms with van der Waals surface area (Å²) in [6, 6.07) is 1.52. The van der Waals surface area contributed by atoms with Crippen molar-refractivity contribution >= 4 is 23.3 Å². The monoisotopic (exact) mass is 239 g/mol. The Hall–Kier alpha value is -1.29. The van der Waals surface area contributed by atoms with Crippen LogP contribution >= 0.6 is 11.6 Å². The van der Waals surface area contributed by atoms with Crippen LogP contribution in [0.25, 0.3) is 0 Å². The molecule has 1 aliphatic rings. The number of amides is 1. The van der Waals surface area contributed by atoms with Crippen LogP contribution < -0.4 is 5.73 Å². The molecule has 1 amide bonds. The fourth-order valence-corrected chi connectivity index (χ4v) is 1.78. The lowest BCUT2D eigenvalue weighted by Gasteiger charge is -2.17. The summed E-state index contributed by atoms with van der Waals surface area (Å²) in [5.74, 6) is 0.880. The summed E-state index contributed by atoms with van der Waals surface area (Å²) in [7, 11) is 1.79. The van der Waals surface area contributed by atoms with Crippen LogP contribution in [0.1, 0.15) is 23.2 Å². The highest BCUT2D eigenvalue weighted by molar-refractivity contribution is 6.33. The van der Waals surface area contributed by atoms with Crippen molar-refractivity contribution < 1.29 is 4.79 Å². The van der Waals surface area contributed by atoms with Gasteiger partial charge in [-0.1, -0.05) is 11.6 Å². The van der Waals surface area contributed by atoms with Gasteiger partial charge in [-0.25, -0.2) is 4.98 Å². The number of nitrogen functional groups attached to an aromatic ring is 1. The predicted molar refractivity (Wildman–Crippen MR) is 63.3 cm³/mol. The smallest absolute Gasteiger partial charge is 0.255 e. The molecule has 1 saturated carbocycles. The number of hydrogen-bond acceptors (Lipinski definition) is 3. The zero-order valence-corrected chi connectivity index (χ0v) is 9.87. The molecule has 2 rings (SSSR count). The van der Waals surface area contributed by atoms with Gasteiger partial charge < -0.3 is 10.6 Å². The average molecular weight is 240 g/mol. The first-order chi connectivity index (χ1) is 7.58. The second-order valence-electron chi connectivity index (χ2n) is 4.22. The van der Waals surface area contributed by atoms with Crippen LogP contribution in [0.3, 0.4) is 0 Å². The minimum atomic E-state index is -0.0917. The van der Waals surface area contributed by atoms with Crippen LogP contribution in [-0.2, 0) is 0 Å². The quantitative estimate of drug-likeness (QED) is 0.875. The predicted octanol–water partition coefficient (Wildman–Crippen LogP) is 1.80. The second kappa shape index (κ2) is 4.29. The average Bonchev–Trinajstić information content (AvgIpc) is 3.04. The van der Waals surface area contributed by atoms with Crippen molar-refractivity contribution in [1.82, 2.24) is 9.88 Å². The topological polar surface area (TPSA) is 59.2 Å². The number of halogens is 1.